The second kappa shape index (κ2) is 10.8. The van der Waals surface area contributed by atoms with Gasteiger partial charge in [0, 0.05) is 37.5 Å². The van der Waals surface area contributed by atoms with Gasteiger partial charge in [0.2, 0.25) is 0 Å². The van der Waals surface area contributed by atoms with Gasteiger partial charge in [-0.05, 0) is 43.2 Å². The van der Waals surface area contributed by atoms with Crippen LogP contribution in [0.25, 0.3) is 0 Å². The normalized spacial score (nSPS) is 12.9. The van der Waals surface area contributed by atoms with E-state index in [0.29, 0.717) is 19.1 Å². The zero-order valence-corrected chi connectivity index (χ0v) is 17.0. The van der Waals surface area contributed by atoms with Crippen LogP contribution in [0, 0.1) is 0 Å². The number of guanidine groups is 1. The van der Waals surface area contributed by atoms with Crippen LogP contribution in [0.3, 0.4) is 0 Å². The molecule has 1 aromatic heterocycles. The minimum Gasteiger partial charge on any atom is -0.492 e. The molecule has 0 saturated carbocycles. The summed E-state index contributed by atoms with van der Waals surface area (Å²) in [4.78, 5) is 7.80. The maximum absolute atomic E-state index is 5.80. The Morgan fingerprint density at radius 3 is 2.77 bits per heavy atom. The first-order valence-electron chi connectivity index (χ1n) is 8.93. The van der Waals surface area contributed by atoms with Crippen LogP contribution in [0.5, 0.6) is 5.75 Å². The molecule has 0 saturated heterocycles. The second-order valence-corrected chi connectivity index (χ2v) is 7.50. The summed E-state index contributed by atoms with van der Waals surface area (Å²) >= 11 is 1.79. The van der Waals surface area contributed by atoms with Crippen molar-refractivity contribution in [2.45, 2.75) is 19.4 Å². The smallest absolute Gasteiger partial charge is 0.191 e. The van der Waals surface area contributed by atoms with E-state index in [1.165, 1.54) is 10.4 Å². The van der Waals surface area contributed by atoms with Crippen LogP contribution in [0.15, 0.2) is 46.8 Å². The minimum atomic E-state index is 0.460. The van der Waals surface area contributed by atoms with Gasteiger partial charge in [-0.25, -0.2) is 0 Å². The number of rotatable bonds is 9. The van der Waals surface area contributed by atoms with Gasteiger partial charge in [-0.3, -0.25) is 4.99 Å². The lowest BCUT2D eigenvalue weighted by molar-refractivity contribution is 0.261. The Hall–Kier alpha value is -2.05. The SMILES string of the molecule is CN=C(NCc1cccc(OCCN(C)C)c1)NCC(C)c1cccs1. The molecule has 1 heterocycles. The van der Waals surface area contributed by atoms with Crippen molar-refractivity contribution in [3.63, 3.8) is 0 Å². The van der Waals surface area contributed by atoms with E-state index in [4.69, 9.17) is 4.74 Å². The summed E-state index contributed by atoms with van der Waals surface area (Å²) in [7, 11) is 5.88. The summed E-state index contributed by atoms with van der Waals surface area (Å²) in [6.45, 7) is 5.38. The second-order valence-electron chi connectivity index (χ2n) is 6.52. The van der Waals surface area contributed by atoms with Crippen molar-refractivity contribution < 1.29 is 4.74 Å². The maximum atomic E-state index is 5.80. The molecule has 0 aliphatic carbocycles. The van der Waals surface area contributed by atoms with E-state index in [1.807, 2.05) is 26.2 Å². The summed E-state index contributed by atoms with van der Waals surface area (Å²) in [5, 5.41) is 8.88. The number of likely N-dealkylation sites (N-methyl/N-ethyl adjacent to an activating group) is 1. The number of hydrogen-bond acceptors (Lipinski definition) is 4. The van der Waals surface area contributed by atoms with Crippen molar-refractivity contribution in [2.75, 3.05) is 40.8 Å². The Kier molecular flexibility index (Phi) is 8.44. The fourth-order valence-corrected chi connectivity index (χ4v) is 3.21. The minimum absolute atomic E-state index is 0.460. The molecule has 1 unspecified atom stereocenters. The van der Waals surface area contributed by atoms with Gasteiger partial charge in [0.15, 0.2) is 5.96 Å². The molecule has 2 aromatic rings. The molecule has 26 heavy (non-hydrogen) atoms. The third kappa shape index (κ3) is 7.06. The quantitative estimate of drug-likeness (QED) is 0.523. The number of nitrogens with one attached hydrogen (secondary N) is 2. The van der Waals surface area contributed by atoms with Gasteiger partial charge in [0.05, 0.1) is 0 Å². The molecule has 0 spiro atoms. The number of thiophene rings is 1. The highest BCUT2D eigenvalue weighted by Gasteiger charge is 2.07. The average molecular weight is 375 g/mol. The first-order chi connectivity index (χ1) is 12.6. The highest BCUT2D eigenvalue weighted by atomic mass is 32.1. The Morgan fingerprint density at radius 2 is 2.08 bits per heavy atom. The molecule has 6 heteroatoms. The molecule has 0 fully saturated rings. The Balaban J connectivity index is 1.78. The van der Waals surface area contributed by atoms with Crippen LogP contribution in [-0.2, 0) is 6.54 Å². The summed E-state index contributed by atoms with van der Waals surface area (Å²) < 4.78 is 5.80. The van der Waals surface area contributed by atoms with E-state index in [-0.39, 0.29) is 0 Å². The van der Waals surface area contributed by atoms with Crippen LogP contribution in [-0.4, -0.2) is 51.7 Å². The van der Waals surface area contributed by atoms with Gasteiger partial charge in [-0.15, -0.1) is 11.3 Å². The zero-order chi connectivity index (χ0) is 18.8. The summed E-state index contributed by atoms with van der Waals surface area (Å²) in [5.41, 5.74) is 1.17. The third-order valence-electron chi connectivity index (χ3n) is 3.99. The molecular weight excluding hydrogens is 344 g/mol. The molecule has 0 aliphatic rings. The predicted octanol–water partition coefficient (Wildman–Crippen LogP) is 3.16. The standard InChI is InChI=1S/C20H30N4OS/c1-16(19-9-6-12-26-19)14-22-20(21-2)23-15-17-7-5-8-18(13-17)25-11-10-24(3)4/h5-9,12-13,16H,10-11,14-15H2,1-4H3,(H2,21,22,23). The Labute approximate surface area is 161 Å². The van der Waals surface area contributed by atoms with Crippen LogP contribution in [0.4, 0.5) is 0 Å². The molecule has 0 radical (unpaired) electrons. The number of benzene rings is 1. The monoisotopic (exact) mass is 374 g/mol. The van der Waals surface area contributed by atoms with E-state index in [2.05, 4.69) is 57.1 Å². The van der Waals surface area contributed by atoms with Crippen LogP contribution in [0.2, 0.25) is 0 Å². The van der Waals surface area contributed by atoms with Gasteiger partial charge < -0.3 is 20.3 Å². The van der Waals surface area contributed by atoms with E-state index >= 15 is 0 Å². The van der Waals surface area contributed by atoms with Crippen molar-refractivity contribution in [3.8, 4) is 5.75 Å². The largest absolute Gasteiger partial charge is 0.492 e. The van der Waals surface area contributed by atoms with E-state index in [1.54, 1.807) is 18.4 Å². The molecule has 142 valence electrons. The molecule has 1 atom stereocenters. The average Bonchev–Trinajstić information content (AvgIpc) is 3.16. The lowest BCUT2D eigenvalue weighted by Gasteiger charge is -2.16. The van der Waals surface area contributed by atoms with Crippen molar-refractivity contribution in [3.05, 3.63) is 52.2 Å². The highest BCUT2D eigenvalue weighted by Crippen LogP contribution is 2.19. The van der Waals surface area contributed by atoms with E-state index < -0.39 is 0 Å². The van der Waals surface area contributed by atoms with Gasteiger partial charge in [-0.2, -0.15) is 0 Å². The number of nitrogens with zero attached hydrogens (tertiary/aromatic N) is 2. The maximum Gasteiger partial charge on any atom is 0.191 e. The molecule has 2 rings (SSSR count). The number of ether oxygens (including phenoxy) is 1. The lowest BCUT2D eigenvalue weighted by Crippen LogP contribution is -2.38. The topological polar surface area (TPSA) is 48.9 Å². The summed E-state index contributed by atoms with van der Waals surface area (Å²) in [6.07, 6.45) is 0. The highest BCUT2D eigenvalue weighted by molar-refractivity contribution is 7.10. The molecule has 1 aromatic carbocycles. The van der Waals surface area contributed by atoms with Crippen molar-refractivity contribution in [1.82, 2.24) is 15.5 Å². The van der Waals surface area contributed by atoms with Crippen LogP contribution < -0.4 is 15.4 Å². The van der Waals surface area contributed by atoms with Crippen molar-refractivity contribution in [2.24, 2.45) is 4.99 Å². The number of hydrogen-bond donors (Lipinski definition) is 2. The van der Waals surface area contributed by atoms with Gasteiger partial charge in [0.25, 0.3) is 0 Å². The molecule has 0 amide bonds. The molecule has 5 nitrogen and oxygen atoms in total. The zero-order valence-electron chi connectivity index (χ0n) is 16.2. The fraction of sp³-hybridized carbons (Fsp3) is 0.450. The lowest BCUT2D eigenvalue weighted by atomic mass is 10.1. The van der Waals surface area contributed by atoms with Crippen LogP contribution in [0.1, 0.15) is 23.3 Å². The molecule has 0 aliphatic heterocycles. The third-order valence-corrected chi connectivity index (χ3v) is 5.10. The Morgan fingerprint density at radius 1 is 1.23 bits per heavy atom. The predicted molar refractivity (Wildman–Crippen MR) is 111 cm³/mol. The van der Waals surface area contributed by atoms with Gasteiger partial charge in [0.1, 0.15) is 12.4 Å². The molecular formula is C20H30N4OS. The molecule has 0 bridgehead atoms. The number of aliphatic imine (C=N–C) groups is 1. The van der Waals surface area contributed by atoms with E-state index in [0.717, 1.165) is 24.8 Å². The summed E-state index contributed by atoms with van der Waals surface area (Å²) in [6, 6.07) is 12.5. The van der Waals surface area contributed by atoms with Crippen molar-refractivity contribution >= 4 is 17.3 Å². The van der Waals surface area contributed by atoms with Crippen molar-refractivity contribution in [1.29, 1.82) is 0 Å². The van der Waals surface area contributed by atoms with Gasteiger partial charge in [-0.1, -0.05) is 25.1 Å². The first-order valence-corrected chi connectivity index (χ1v) is 9.81. The Bertz CT molecular complexity index is 670. The van der Waals surface area contributed by atoms with E-state index in [9.17, 15) is 0 Å². The van der Waals surface area contributed by atoms with Crippen LogP contribution >= 0.6 is 11.3 Å². The first kappa shape index (κ1) is 20.3. The summed E-state index contributed by atoms with van der Waals surface area (Å²) in [5.74, 6) is 2.18. The van der Waals surface area contributed by atoms with Gasteiger partial charge >= 0.3 is 0 Å². The fourth-order valence-electron chi connectivity index (χ4n) is 2.42. The molecule has 2 N–H and O–H groups in total.